The molecular formula is C40H26N4. The molecule has 4 heteroatoms. The van der Waals surface area contributed by atoms with Gasteiger partial charge in [-0.1, -0.05) is 97.1 Å². The molecule has 0 atom stereocenters. The van der Waals surface area contributed by atoms with Crippen molar-refractivity contribution in [1.29, 1.82) is 0 Å². The van der Waals surface area contributed by atoms with Crippen molar-refractivity contribution in [1.82, 2.24) is 19.9 Å². The van der Waals surface area contributed by atoms with Gasteiger partial charge in [-0.25, -0.2) is 9.97 Å². The van der Waals surface area contributed by atoms with Gasteiger partial charge < -0.3 is 0 Å². The highest BCUT2D eigenvalue weighted by atomic mass is 14.9. The predicted octanol–water partition coefficient (Wildman–Crippen LogP) is 9.91. The van der Waals surface area contributed by atoms with Crippen LogP contribution in [-0.2, 0) is 0 Å². The van der Waals surface area contributed by atoms with E-state index < -0.39 is 0 Å². The van der Waals surface area contributed by atoms with Crippen LogP contribution in [0.2, 0.25) is 0 Å². The Morgan fingerprint density at radius 1 is 0.318 bits per heavy atom. The molecule has 0 bridgehead atoms. The summed E-state index contributed by atoms with van der Waals surface area (Å²) in [4.78, 5) is 19.5. The fourth-order valence-electron chi connectivity index (χ4n) is 5.67. The van der Waals surface area contributed by atoms with Gasteiger partial charge in [-0.3, -0.25) is 9.97 Å². The molecule has 0 aliphatic heterocycles. The van der Waals surface area contributed by atoms with Gasteiger partial charge in [0.25, 0.3) is 0 Å². The Morgan fingerprint density at radius 2 is 0.795 bits per heavy atom. The van der Waals surface area contributed by atoms with Crippen LogP contribution in [-0.4, -0.2) is 19.9 Å². The summed E-state index contributed by atoms with van der Waals surface area (Å²) in [6.07, 6.45) is 3.67. The van der Waals surface area contributed by atoms with Crippen LogP contribution < -0.4 is 0 Å². The molecule has 8 rings (SSSR count). The first-order chi connectivity index (χ1) is 21.8. The Hall–Kier alpha value is -6.00. The summed E-state index contributed by atoms with van der Waals surface area (Å²) in [6, 6.07) is 50.2. The maximum Gasteiger partial charge on any atom is 0.160 e. The third-order valence-electron chi connectivity index (χ3n) is 7.93. The molecule has 4 nitrogen and oxygen atoms in total. The Kier molecular flexibility index (Phi) is 6.43. The van der Waals surface area contributed by atoms with E-state index in [0.29, 0.717) is 5.82 Å². The van der Waals surface area contributed by atoms with E-state index in [1.807, 2.05) is 60.9 Å². The smallest absolute Gasteiger partial charge is 0.160 e. The maximum absolute atomic E-state index is 5.13. The number of nitrogens with zero attached hydrogens (tertiary/aromatic N) is 4. The summed E-state index contributed by atoms with van der Waals surface area (Å²) in [5.74, 6) is 0.672. The van der Waals surface area contributed by atoms with E-state index in [-0.39, 0.29) is 0 Å². The van der Waals surface area contributed by atoms with Gasteiger partial charge >= 0.3 is 0 Å². The summed E-state index contributed by atoms with van der Waals surface area (Å²) in [5, 5.41) is 2.22. The Balaban J connectivity index is 1.36. The lowest BCUT2D eigenvalue weighted by atomic mass is 9.94. The average molecular weight is 563 g/mol. The minimum atomic E-state index is 0.672. The van der Waals surface area contributed by atoms with Crippen molar-refractivity contribution in [3.63, 3.8) is 0 Å². The number of benzene rings is 5. The van der Waals surface area contributed by atoms with Crippen LogP contribution in [0.4, 0.5) is 0 Å². The first-order valence-electron chi connectivity index (χ1n) is 14.6. The lowest BCUT2D eigenvalue weighted by molar-refractivity contribution is 1.18. The summed E-state index contributed by atoms with van der Waals surface area (Å²) < 4.78 is 0. The summed E-state index contributed by atoms with van der Waals surface area (Å²) in [5.41, 5.74) is 11.0. The zero-order chi connectivity index (χ0) is 29.3. The number of rotatable bonds is 5. The zero-order valence-electron chi connectivity index (χ0n) is 23.8. The monoisotopic (exact) mass is 562 g/mol. The number of fused-ring (bicyclic) bond motifs is 2. The minimum Gasteiger partial charge on any atom is -0.256 e. The molecule has 0 radical (unpaired) electrons. The minimum absolute atomic E-state index is 0.672. The molecule has 206 valence electrons. The van der Waals surface area contributed by atoms with Crippen LogP contribution in [0.5, 0.6) is 0 Å². The van der Waals surface area contributed by atoms with Crippen molar-refractivity contribution in [3.8, 4) is 56.2 Å². The molecular weight excluding hydrogens is 536 g/mol. The van der Waals surface area contributed by atoms with Gasteiger partial charge in [0, 0.05) is 39.9 Å². The zero-order valence-corrected chi connectivity index (χ0v) is 23.8. The van der Waals surface area contributed by atoms with Crippen LogP contribution in [0.1, 0.15) is 0 Å². The van der Waals surface area contributed by atoms with Crippen LogP contribution in [0.15, 0.2) is 158 Å². The number of aromatic nitrogens is 4. The van der Waals surface area contributed by atoms with E-state index in [9.17, 15) is 0 Å². The SMILES string of the molecule is c1ccc(-c2cc(-c3ccccc3)nc(-c3cc(-c4ccc5cccnc5c4)cc(-c4ccc5cccnc5c4)c3)n2)cc1. The lowest BCUT2D eigenvalue weighted by Crippen LogP contribution is -1.97. The van der Waals surface area contributed by atoms with E-state index in [2.05, 4.69) is 107 Å². The van der Waals surface area contributed by atoms with Crippen molar-refractivity contribution >= 4 is 21.8 Å². The third kappa shape index (κ3) is 4.99. The third-order valence-corrected chi connectivity index (χ3v) is 7.93. The van der Waals surface area contributed by atoms with Crippen molar-refractivity contribution in [3.05, 3.63) is 158 Å². The van der Waals surface area contributed by atoms with Gasteiger partial charge in [0.05, 0.1) is 22.4 Å². The van der Waals surface area contributed by atoms with E-state index in [4.69, 9.17) is 9.97 Å². The number of hydrogen-bond acceptors (Lipinski definition) is 4. The molecule has 0 spiro atoms. The molecule has 44 heavy (non-hydrogen) atoms. The van der Waals surface area contributed by atoms with E-state index >= 15 is 0 Å². The molecule has 3 aromatic heterocycles. The predicted molar refractivity (Wildman–Crippen MR) is 180 cm³/mol. The van der Waals surface area contributed by atoms with Crippen LogP contribution in [0.3, 0.4) is 0 Å². The first-order valence-corrected chi connectivity index (χ1v) is 14.6. The second-order valence-corrected chi connectivity index (χ2v) is 10.8. The van der Waals surface area contributed by atoms with Gasteiger partial charge in [0.15, 0.2) is 5.82 Å². The van der Waals surface area contributed by atoms with Gasteiger partial charge in [-0.15, -0.1) is 0 Å². The standard InChI is InChI=1S/C40H26N4/c1-3-9-27(10-4-1)38-26-39(28-11-5-2-6-12-28)44-40(43-38)35-22-33(31-17-15-29-13-7-19-41-36(29)24-31)21-34(23-35)32-18-16-30-14-8-20-42-37(30)25-32/h1-26H. The van der Waals surface area contributed by atoms with Crippen LogP contribution in [0, 0.1) is 0 Å². The van der Waals surface area contributed by atoms with Crippen molar-refractivity contribution in [2.75, 3.05) is 0 Å². The van der Waals surface area contributed by atoms with E-state index in [1.165, 1.54) is 0 Å². The second-order valence-electron chi connectivity index (χ2n) is 10.8. The molecule has 0 saturated carbocycles. The highest BCUT2D eigenvalue weighted by molar-refractivity contribution is 5.89. The van der Waals surface area contributed by atoms with Gasteiger partial charge in [-0.2, -0.15) is 0 Å². The molecule has 8 aromatic rings. The van der Waals surface area contributed by atoms with Crippen LogP contribution in [0.25, 0.3) is 78.0 Å². The van der Waals surface area contributed by atoms with Crippen molar-refractivity contribution in [2.45, 2.75) is 0 Å². The molecule has 0 unspecified atom stereocenters. The summed E-state index contributed by atoms with van der Waals surface area (Å²) in [6.45, 7) is 0. The summed E-state index contributed by atoms with van der Waals surface area (Å²) in [7, 11) is 0. The maximum atomic E-state index is 5.13. The second kappa shape index (κ2) is 11.0. The lowest BCUT2D eigenvalue weighted by Gasteiger charge is -2.13. The molecule has 0 amide bonds. The Labute approximate surface area is 255 Å². The molecule has 0 aliphatic carbocycles. The topological polar surface area (TPSA) is 51.6 Å². The first kappa shape index (κ1) is 25.7. The molecule has 0 N–H and O–H groups in total. The molecule has 0 saturated heterocycles. The number of pyridine rings is 2. The fourth-order valence-corrected chi connectivity index (χ4v) is 5.67. The van der Waals surface area contributed by atoms with Crippen molar-refractivity contribution in [2.24, 2.45) is 0 Å². The van der Waals surface area contributed by atoms with Gasteiger partial charge in [0.2, 0.25) is 0 Å². The van der Waals surface area contributed by atoms with Crippen LogP contribution >= 0.6 is 0 Å². The quantitative estimate of drug-likeness (QED) is 0.209. The highest BCUT2D eigenvalue weighted by Crippen LogP contribution is 2.35. The average Bonchev–Trinajstić information content (AvgIpc) is 3.11. The van der Waals surface area contributed by atoms with E-state index in [0.717, 1.165) is 72.1 Å². The molecule has 3 heterocycles. The molecule has 0 fully saturated rings. The highest BCUT2D eigenvalue weighted by Gasteiger charge is 2.14. The summed E-state index contributed by atoms with van der Waals surface area (Å²) >= 11 is 0. The van der Waals surface area contributed by atoms with Gasteiger partial charge in [0.1, 0.15) is 0 Å². The molecule has 5 aromatic carbocycles. The largest absolute Gasteiger partial charge is 0.256 e. The van der Waals surface area contributed by atoms with Crippen molar-refractivity contribution < 1.29 is 0 Å². The Morgan fingerprint density at radius 3 is 1.30 bits per heavy atom. The van der Waals surface area contributed by atoms with Gasteiger partial charge in [-0.05, 0) is 70.8 Å². The normalized spacial score (nSPS) is 11.2. The fraction of sp³-hybridized carbons (Fsp3) is 0. The molecule has 0 aliphatic rings. The Bertz CT molecular complexity index is 2120. The van der Waals surface area contributed by atoms with E-state index in [1.54, 1.807) is 0 Å². The number of hydrogen-bond donors (Lipinski definition) is 0.